The predicted molar refractivity (Wildman–Crippen MR) is 71.1 cm³/mol. The molecule has 0 aliphatic carbocycles. The van der Waals surface area contributed by atoms with Crippen molar-refractivity contribution in [3.05, 3.63) is 22.7 Å². The van der Waals surface area contributed by atoms with Crippen molar-refractivity contribution in [3.8, 4) is 0 Å². The molecule has 0 bridgehead atoms. The summed E-state index contributed by atoms with van der Waals surface area (Å²) in [5.41, 5.74) is -0.309. The second kappa shape index (κ2) is 4.96. The maximum atomic E-state index is 11.7. The van der Waals surface area contributed by atoms with Gasteiger partial charge in [0.1, 0.15) is 0 Å². The molecule has 1 aliphatic heterocycles. The van der Waals surface area contributed by atoms with Crippen molar-refractivity contribution in [1.29, 1.82) is 0 Å². The largest absolute Gasteiger partial charge is 0.477 e. The number of aliphatic carboxylic acids is 1. The number of carboxylic acid groups (broad SMARTS) is 1. The number of hydrazone groups is 1. The third-order valence-corrected chi connectivity index (χ3v) is 3.71. The molecule has 2 rings (SSSR count). The Morgan fingerprint density at radius 1 is 1.35 bits per heavy atom. The van der Waals surface area contributed by atoms with Crippen molar-refractivity contribution in [3.63, 3.8) is 0 Å². The van der Waals surface area contributed by atoms with Gasteiger partial charge in [-0.25, -0.2) is 4.79 Å². The zero-order chi connectivity index (χ0) is 15.1. The minimum atomic E-state index is -4.46. The molecule has 1 amide bonds. The van der Waals surface area contributed by atoms with Crippen molar-refractivity contribution >= 4 is 49.3 Å². The van der Waals surface area contributed by atoms with E-state index in [0.29, 0.717) is 0 Å². The molecular weight excluding hydrogens is 356 g/mol. The van der Waals surface area contributed by atoms with Crippen molar-refractivity contribution in [2.45, 2.75) is 11.3 Å². The first kappa shape index (κ1) is 14.6. The standard InChI is InChI=1S/C10H7BrN2O6S/c11-5-1-6(3-7(2-5)20(17,18)19)13-9(14)4-8(12-13)10(15)16/h1-3H,4H2,(H,15,16)(H,17,18,19). The first-order valence-electron chi connectivity index (χ1n) is 5.10. The second-order valence-corrected chi connectivity index (χ2v) is 6.19. The lowest BCUT2D eigenvalue weighted by Crippen LogP contribution is -2.20. The van der Waals surface area contributed by atoms with E-state index in [1.54, 1.807) is 0 Å². The molecule has 1 heterocycles. The van der Waals surface area contributed by atoms with Crippen LogP contribution in [-0.2, 0) is 19.7 Å². The van der Waals surface area contributed by atoms with Crippen LogP contribution in [0.2, 0.25) is 0 Å². The highest BCUT2D eigenvalue weighted by molar-refractivity contribution is 9.10. The monoisotopic (exact) mass is 362 g/mol. The predicted octanol–water partition coefficient (Wildman–Crippen LogP) is 0.873. The summed E-state index contributed by atoms with van der Waals surface area (Å²) in [6.45, 7) is 0. The lowest BCUT2D eigenvalue weighted by molar-refractivity contribution is -0.129. The molecule has 0 atom stereocenters. The molecule has 0 fully saturated rings. The van der Waals surface area contributed by atoms with E-state index < -0.39 is 26.9 Å². The lowest BCUT2D eigenvalue weighted by atomic mass is 10.2. The van der Waals surface area contributed by atoms with Gasteiger partial charge in [0.05, 0.1) is 17.0 Å². The van der Waals surface area contributed by atoms with E-state index in [0.717, 1.165) is 17.1 Å². The van der Waals surface area contributed by atoms with Gasteiger partial charge in [0.25, 0.3) is 16.0 Å². The van der Waals surface area contributed by atoms with E-state index in [9.17, 15) is 18.0 Å². The molecule has 10 heteroatoms. The first-order valence-corrected chi connectivity index (χ1v) is 7.33. The number of anilines is 1. The molecule has 0 aromatic heterocycles. The van der Waals surface area contributed by atoms with E-state index in [2.05, 4.69) is 21.0 Å². The number of halogens is 1. The van der Waals surface area contributed by atoms with Gasteiger partial charge in [-0.3, -0.25) is 9.35 Å². The molecule has 0 radical (unpaired) electrons. The van der Waals surface area contributed by atoms with Crippen LogP contribution in [0.4, 0.5) is 5.69 Å². The highest BCUT2D eigenvalue weighted by Gasteiger charge is 2.30. The number of carbonyl (C=O) groups is 2. The molecule has 106 valence electrons. The number of carbonyl (C=O) groups excluding carboxylic acids is 1. The summed E-state index contributed by atoms with van der Waals surface area (Å²) in [6, 6.07) is 3.54. The number of hydrogen-bond donors (Lipinski definition) is 2. The summed E-state index contributed by atoms with van der Waals surface area (Å²) < 4.78 is 31.5. The van der Waals surface area contributed by atoms with E-state index in [4.69, 9.17) is 9.66 Å². The van der Waals surface area contributed by atoms with E-state index in [1.165, 1.54) is 6.07 Å². The fourth-order valence-corrected chi connectivity index (χ4v) is 2.75. The molecule has 1 aromatic carbocycles. The molecule has 1 aromatic rings. The molecule has 2 N–H and O–H groups in total. The quantitative estimate of drug-likeness (QED) is 0.768. The number of rotatable bonds is 3. The summed E-state index contributed by atoms with van der Waals surface area (Å²) in [5, 5.41) is 13.2. The van der Waals surface area contributed by atoms with Crippen molar-refractivity contribution < 1.29 is 27.7 Å². The van der Waals surface area contributed by atoms with Crippen LogP contribution >= 0.6 is 15.9 Å². The van der Waals surface area contributed by atoms with Crippen LogP contribution in [0, 0.1) is 0 Å². The van der Waals surface area contributed by atoms with E-state index in [1.807, 2.05) is 0 Å². The molecule has 0 spiro atoms. The zero-order valence-corrected chi connectivity index (χ0v) is 12.0. The highest BCUT2D eigenvalue weighted by Crippen LogP contribution is 2.28. The third-order valence-electron chi connectivity index (χ3n) is 2.42. The van der Waals surface area contributed by atoms with Crippen LogP contribution in [-0.4, -0.2) is 35.7 Å². The van der Waals surface area contributed by atoms with Gasteiger partial charge in [0.15, 0.2) is 5.71 Å². The van der Waals surface area contributed by atoms with Gasteiger partial charge in [-0.05, 0) is 18.2 Å². The van der Waals surface area contributed by atoms with Crippen LogP contribution in [0.3, 0.4) is 0 Å². The normalized spacial score (nSPS) is 15.4. The smallest absolute Gasteiger partial charge is 0.352 e. The van der Waals surface area contributed by atoms with Gasteiger partial charge < -0.3 is 5.11 Å². The van der Waals surface area contributed by atoms with Gasteiger partial charge >= 0.3 is 5.97 Å². The molecule has 0 unspecified atom stereocenters. The Bertz CT molecular complexity index is 742. The van der Waals surface area contributed by atoms with E-state index in [-0.39, 0.29) is 22.3 Å². The summed E-state index contributed by atoms with van der Waals surface area (Å²) in [5.74, 6) is -1.94. The Balaban J connectivity index is 2.51. The van der Waals surface area contributed by atoms with Crippen molar-refractivity contribution in [2.75, 3.05) is 5.01 Å². The first-order chi connectivity index (χ1) is 9.18. The van der Waals surface area contributed by atoms with E-state index >= 15 is 0 Å². The van der Waals surface area contributed by atoms with Crippen LogP contribution in [0.1, 0.15) is 6.42 Å². The van der Waals surface area contributed by atoms with Crippen LogP contribution in [0.5, 0.6) is 0 Å². The van der Waals surface area contributed by atoms with Gasteiger partial charge in [-0.1, -0.05) is 15.9 Å². The fraction of sp³-hybridized carbons (Fsp3) is 0.100. The summed E-state index contributed by atoms with van der Waals surface area (Å²) in [4.78, 5) is 22.0. The van der Waals surface area contributed by atoms with Crippen LogP contribution < -0.4 is 5.01 Å². The maximum absolute atomic E-state index is 11.7. The lowest BCUT2D eigenvalue weighted by Gasteiger charge is -2.13. The molecule has 0 saturated carbocycles. The Morgan fingerprint density at radius 3 is 2.50 bits per heavy atom. The fourth-order valence-electron chi connectivity index (χ4n) is 1.57. The minimum Gasteiger partial charge on any atom is -0.477 e. The SMILES string of the molecule is O=C(O)C1=NN(c2cc(Br)cc(S(=O)(=O)O)c2)C(=O)C1. The Labute approximate surface area is 121 Å². The minimum absolute atomic E-state index is 0.0354. The van der Waals surface area contributed by atoms with Crippen LogP contribution in [0.25, 0.3) is 0 Å². The number of benzene rings is 1. The van der Waals surface area contributed by atoms with Gasteiger partial charge in [-0.2, -0.15) is 18.5 Å². The topological polar surface area (TPSA) is 124 Å². The van der Waals surface area contributed by atoms with Gasteiger partial charge in [0.2, 0.25) is 0 Å². The van der Waals surface area contributed by atoms with Crippen molar-refractivity contribution in [1.82, 2.24) is 0 Å². The molecular formula is C10H7BrN2O6S. The maximum Gasteiger partial charge on any atom is 0.352 e. The zero-order valence-electron chi connectivity index (χ0n) is 9.65. The number of carboxylic acids is 1. The number of amides is 1. The average molecular weight is 363 g/mol. The Kier molecular flexibility index (Phi) is 3.63. The Morgan fingerprint density at radius 2 is 2.00 bits per heavy atom. The van der Waals surface area contributed by atoms with Gasteiger partial charge in [-0.15, -0.1) is 0 Å². The van der Waals surface area contributed by atoms with Crippen LogP contribution in [0.15, 0.2) is 32.7 Å². The summed E-state index contributed by atoms with van der Waals surface area (Å²) in [6.07, 6.45) is -0.386. The highest BCUT2D eigenvalue weighted by atomic mass is 79.9. The van der Waals surface area contributed by atoms with Gasteiger partial charge in [0, 0.05) is 4.47 Å². The van der Waals surface area contributed by atoms with Crippen molar-refractivity contribution in [2.24, 2.45) is 5.10 Å². The average Bonchev–Trinajstić information content (AvgIpc) is 2.69. The number of hydrogen-bond acceptors (Lipinski definition) is 5. The molecule has 0 saturated heterocycles. The molecule has 8 nitrogen and oxygen atoms in total. The Hall–Kier alpha value is -1.78. The molecule has 1 aliphatic rings. The second-order valence-electron chi connectivity index (χ2n) is 3.85. The number of nitrogens with zero attached hydrogens (tertiary/aromatic N) is 2. The summed E-state index contributed by atoms with van der Waals surface area (Å²) >= 11 is 3.04. The third kappa shape index (κ3) is 2.86. The molecule has 20 heavy (non-hydrogen) atoms. The summed E-state index contributed by atoms with van der Waals surface area (Å²) in [7, 11) is -4.46.